The van der Waals surface area contributed by atoms with Crippen molar-refractivity contribution in [2.24, 2.45) is 0 Å². The van der Waals surface area contributed by atoms with Crippen molar-refractivity contribution in [1.29, 1.82) is 0 Å². The maximum Gasteiger partial charge on any atom is 0.237 e. The summed E-state index contributed by atoms with van der Waals surface area (Å²) < 4.78 is 10.8. The number of likely N-dealkylation sites (tertiary alicyclic amines) is 1. The maximum absolute atomic E-state index is 12.4. The lowest BCUT2D eigenvalue weighted by atomic mass is 10.0. The monoisotopic (exact) mass is 320 g/mol. The first-order valence-electron chi connectivity index (χ1n) is 8.26. The Balaban J connectivity index is 2.23. The Kier molecular flexibility index (Phi) is 5.88. The number of hydrogen-bond donors (Lipinski definition) is 1. The minimum atomic E-state index is -0.156. The molecule has 1 heterocycles. The van der Waals surface area contributed by atoms with Gasteiger partial charge in [0.2, 0.25) is 5.91 Å². The smallest absolute Gasteiger partial charge is 0.237 e. The molecule has 0 unspecified atom stereocenters. The number of nitrogens with zero attached hydrogens (tertiary/aromatic N) is 1. The Bertz CT molecular complexity index is 545. The van der Waals surface area contributed by atoms with Crippen LogP contribution in [0, 0.1) is 0 Å². The minimum absolute atomic E-state index is 0.0828. The van der Waals surface area contributed by atoms with Crippen molar-refractivity contribution in [2.75, 3.05) is 20.8 Å². The summed E-state index contributed by atoms with van der Waals surface area (Å²) in [6, 6.07) is 6.10. The van der Waals surface area contributed by atoms with Gasteiger partial charge >= 0.3 is 0 Å². The van der Waals surface area contributed by atoms with Gasteiger partial charge in [-0.05, 0) is 46.2 Å². The number of amides is 1. The van der Waals surface area contributed by atoms with Crippen LogP contribution in [0.3, 0.4) is 0 Å². The number of carbonyl (C=O) groups excluding carboxylic acids is 1. The van der Waals surface area contributed by atoms with Gasteiger partial charge in [0.25, 0.3) is 0 Å². The number of benzene rings is 1. The maximum atomic E-state index is 12.4. The molecule has 5 heteroatoms. The van der Waals surface area contributed by atoms with Gasteiger partial charge in [-0.25, -0.2) is 0 Å². The number of methoxy groups -OCH3 is 2. The second-order valence-electron chi connectivity index (χ2n) is 6.34. The van der Waals surface area contributed by atoms with Crippen molar-refractivity contribution < 1.29 is 14.3 Å². The lowest BCUT2D eigenvalue weighted by Gasteiger charge is -2.31. The average molecular weight is 320 g/mol. The van der Waals surface area contributed by atoms with E-state index >= 15 is 0 Å². The number of carbonyl (C=O) groups is 1. The van der Waals surface area contributed by atoms with Crippen LogP contribution in [0.15, 0.2) is 18.2 Å². The molecule has 23 heavy (non-hydrogen) atoms. The Morgan fingerprint density at radius 3 is 2.61 bits per heavy atom. The first-order valence-corrected chi connectivity index (χ1v) is 8.26. The summed E-state index contributed by atoms with van der Waals surface area (Å²) >= 11 is 0. The summed E-state index contributed by atoms with van der Waals surface area (Å²) in [7, 11) is 3.32. The molecular weight excluding hydrogens is 292 g/mol. The van der Waals surface area contributed by atoms with Crippen LogP contribution in [0.25, 0.3) is 0 Å². The highest BCUT2D eigenvalue weighted by Crippen LogP contribution is 2.39. The number of ether oxygens (including phenoxy) is 2. The van der Waals surface area contributed by atoms with E-state index in [0.29, 0.717) is 0 Å². The lowest BCUT2D eigenvalue weighted by Crippen LogP contribution is -2.46. The minimum Gasteiger partial charge on any atom is -0.497 e. The molecule has 0 bridgehead atoms. The second-order valence-corrected chi connectivity index (χ2v) is 6.34. The first-order chi connectivity index (χ1) is 11.0. The molecule has 2 rings (SSSR count). The molecule has 0 radical (unpaired) electrons. The van der Waals surface area contributed by atoms with Crippen LogP contribution in [-0.2, 0) is 4.79 Å². The van der Waals surface area contributed by atoms with Crippen LogP contribution in [0.2, 0.25) is 0 Å². The Labute approximate surface area is 139 Å². The number of nitrogens with one attached hydrogen (secondary N) is 1. The fourth-order valence-electron chi connectivity index (χ4n) is 3.24. The van der Waals surface area contributed by atoms with Crippen molar-refractivity contribution >= 4 is 5.91 Å². The highest BCUT2D eigenvalue weighted by atomic mass is 16.5. The molecule has 1 aromatic rings. The van der Waals surface area contributed by atoms with Crippen LogP contribution < -0.4 is 14.8 Å². The first kappa shape index (κ1) is 17.6. The van der Waals surface area contributed by atoms with Gasteiger partial charge in [0, 0.05) is 23.7 Å². The van der Waals surface area contributed by atoms with Crippen LogP contribution in [0.5, 0.6) is 11.5 Å². The third-order valence-electron chi connectivity index (χ3n) is 4.40. The van der Waals surface area contributed by atoms with Gasteiger partial charge in [0.05, 0.1) is 20.3 Å². The van der Waals surface area contributed by atoms with Crippen LogP contribution in [0.1, 0.15) is 45.2 Å². The highest BCUT2D eigenvalue weighted by Gasteiger charge is 2.34. The zero-order chi connectivity index (χ0) is 17.0. The topological polar surface area (TPSA) is 50.8 Å². The molecule has 128 valence electrons. The fourth-order valence-corrected chi connectivity index (χ4v) is 3.24. The van der Waals surface area contributed by atoms with E-state index < -0.39 is 0 Å². The van der Waals surface area contributed by atoms with Gasteiger partial charge in [-0.15, -0.1) is 0 Å². The van der Waals surface area contributed by atoms with Gasteiger partial charge < -0.3 is 14.8 Å². The Morgan fingerprint density at radius 1 is 1.26 bits per heavy atom. The molecule has 1 N–H and O–H groups in total. The molecule has 1 aliphatic rings. The molecule has 0 saturated carbocycles. The van der Waals surface area contributed by atoms with E-state index in [2.05, 4.69) is 10.2 Å². The molecule has 0 aromatic heterocycles. The predicted molar refractivity (Wildman–Crippen MR) is 91.0 cm³/mol. The van der Waals surface area contributed by atoms with E-state index in [9.17, 15) is 4.79 Å². The SMILES string of the molecule is COc1ccc([C@H]2CCCN2[C@H](C)C(=O)NC(C)C)c(OC)c1. The van der Waals surface area contributed by atoms with E-state index in [0.717, 1.165) is 36.4 Å². The molecule has 1 saturated heterocycles. The lowest BCUT2D eigenvalue weighted by molar-refractivity contribution is -0.126. The number of rotatable bonds is 6. The molecule has 1 aromatic carbocycles. The number of hydrogen-bond acceptors (Lipinski definition) is 4. The molecule has 1 aliphatic heterocycles. The third-order valence-corrected chi connectivity index (χ3v) is 4.40. The van der Waals surface area contributed by atoms with Gasteiger partial charge in [0.1, 0.15) is 11.5 Å². The second kappa shape index (κ2) is 7.68. The average Bonchev–Trinajstić information content (AvgIpc) is 3.01. The molecule has 0 spiro atoms. The Morgan fingerprint density at radius 2 is 2.00 bits per heavy atom. The van der Waals surface area contributed by atoms with E-state index in [1.165, 1.54) is 0 Å². The summed E-state index contributed by atoms with van der Waals surface area (Å²) in [5, 5.41) is 3.01. The van der Waals surface area contributed by atoms with Gasteiger partial charge in [-0.3, -0.25) is 9.69 Å². The summed E-state index contributed by atoms with van der Waals surface area (Å²) in [6.45, 7) is 6.87. The zero-order valence-corrected chi connectivity index (χ0v) is 14.8. The van der Waals surface area contributed by atoms with E-state index in [1.54, 1.807) is 14.2 Å². The summed E-state index contributed by atoms with van der Waals surface area (Å²) in [5.74, 6) is 1.68. The molecular formula is C18H28N2O3. The van der Waals surface area contributed by atoms with E-state index in [4.69, 9.17) is 9.47 Å². The van der Waals surface area contributed by atoms with Crippen molar-refractivity contribution in [1.82, 2.24) is 10.2 Å². The van der Waals surface area contributed by atoms with Gasteiger partial charge in [0.15, 0.2) is 0 Å². The molecule has 0 aliphatic carbocycles. The zero-order valence-electron chi connectivity index (χ0n) is 14.8. The molecule has 2 atom stereocenters. The normalized spacial score (nSPS) is 19.7. The fraction of sp³-hybridized carbons (Fsp3) is 0.611. The largest absolute Gasteiger partial charge is 0.497 e. The summed E-state index contributed by atoms with van der Waals surface area (Å²) in [4.78, 5) is 14.6. The van der Waals surface area contributed by atoms with Crippen LogP contribution >= 0.6 is 0 Å². The van der Waals surface area contributed by atoms with E-state index in [-0.39, 0.29) is 24.0 Å². The standard InChI is InChI=1S/C18H28N2O3/c1-12(2)19-18(21)13(3)20-10-6-7-16(20)15-9-8-14(22-4)11-17(15)23-5/h8-9,11-13,16H,6-7,10H2,1-5H3,(H,19,21)/t13-,16-/m1/s1. The summed E-state index contributed by atoms with van der Waals surface area (Å²) in [6.07, 6.45) is 2.11. The van der Waals surface area contributed by atoms with Crippen molar-refractivity contribution in [3.05, 3.63) is 23.8 Å². The third kappa shape index (κ3) is 3.96. The van der Waals surface area contributed by atoms with E-state index in [1.807, 2.05) is 39.0 Å². The molecule has 1 fully saturated rings. The Hall–Kier alpha value is -1.75. The van der Waals surface area contributed by atoms with Crippen LogP contribution in [0.4, 0.5) is 0 Å². The predicted octanol–water partition coefficient (Wildman–Crippen LogP) is 2.75. The van der Waals surface area contributed by atoms with Gasteiger partial charge in [-0.1, -0.05) is 6.07 Å². The highest BCUT2D eigenvalue weighted by molar-refractivity contribution is 5.81. The molecule has 5 nitrogen and oxygen atoms in total. The quantitative estimate of drug-likeness (QED) is 0.875. The van der Waals surface area contributed by atoms with Gasteiger partial charge in [-0.2, -0.15) is 0 Å². The van der Waals surface area contributed by atoms with Crippen molar-refractivity contribution in [3.63, 3.8) is 0 Å². The molecule has 1 amide bonds. The van der Waals surface area contributed by atoms with Crippen molar-refractivity contribution in [3.8, 4) is 11.5 Å². The summed E-state index contributed by atoms with van der Waals surface area (Å²) in [5.41, 5.74) is 1.12. The van der Waals surface area contributed by atoms with Crippen LogP contribution in [-0.4, -0.2) is 43.7 Å². The van der Waals surface area contributed by atoms with Crippen molar-refractivity contribution in [2.45, 2.75) is 51.7 Å².